The van der Waals surface area contributed by atoms with Gasteiger partial charge in [-0.05, 0) is 18.2 Å². The highest BCUT2D eigenvalue weighted by Crippen LogP contribution is 2.24. The van der Waals surface area contributed by atoms with Crippen LogP contribution in [0.5, 0.6) is 11.6 Å². The van der Waals surface area contributed by atoms with E-state index in [1.807, 2.05) is 0 Å². The van der Waals surface area contributed by atoms with Crippen LogP contribution in [0.15, 0.2) is 52.2 Å². The van der Waals surface area contributed by atoms with Crippen LogP contribution in [0, 0.1) is 11.6 Å². The van der Waals surface area contributed by atoms with E-state index < -0.39 is 28.8 Å². The molecular formula is C19H16F2N4O4. The molecule has 2 aromatic heterocycles. The zero-order valence-electron chi connectivity index (χ0n) is 15.5. The molecule has 150 valence electrons. The monoisotopic (exact) mass is 402 g/mol. The van der Waals surface area contributed by atoms with Crippen LogP contribution >= 0.6 is 0 Å². The highest BCUT2D eigenvalue weighted by atomic mass is 19.2. The van der Waals surface area contributed by atoms with Crippen LogP contribution in [0.25, 0.3) is 0 Å². The fourth-order valence-electron chi connectivity index (χ4n) is 2.52. The zero-order chi connectivity index (χ0) is 21.1. The molecule has 0 atom stereocenters. The molecule has 0 aliphatic rings. The maximum absolute atomic E-state index is 13.4. The molecular weight excluding hydrogens is 386 g/mol. The molecule has 0 saturated heterocycles. The number of ether oxygens (including phenoxy) is 1. The van der Waals surface area contributed by atoms with Crippen molar-refractivity contribution in [2.24, 2.45) is 14.1 Å². The Bertz CT molecular complexity index is 1200. The molecule has 0 aliphatic heterocycles. The average Bonchev–Trinajstić information content (AvgIpc) is 2.71. The van der Waals surface area contributed by atoms with Crippen molar-refractivity contribution < 1.29 is 18.3 Å². The maximum Gasteiger partial charge on any atom is 0.331 e. The predicted molar refractivity (Wildman–Crippen MR) is 98.8 cm³/mol. The van der Waals surface area contributed by atoms with E-state index in [1.165, 1.54) is 26.4 Å². The molecule has 1 aromatic carbocycles. The maximum atomic E-state index is 13.4. The lowest BCUT2D eigenvalue weighted by atomic mass is 10.2. The van der Waals surface area contributed by atoms with Gasteiger partial charge in [0.05, 0.1) is 0 Å². The molecule has 3 rings (SSSR count). The number of nitrogens with one attached hydrogen (secondary N) is 1. The van der Waals surface area contributed by atoms with Gasteiger partial charge in [-0.3, -0.25) is 18.7 Å². The Kier molecular flexibility index (Phi) is 5.53. The average molecular weight is 402 g/mol. The number of aromatic nitrogens is 3. The molecule has 0 fully saturated rings. The Balaban J connectivity index is 1.80. The summed E-state index contributed by atoms with van der Waals surface area (Å²) in [5.41, 5.74) is -0.905. The molecule has 0 radical (unpaired) electrons. The van der Waals surface area contributed by atoms with Gasteiger partial charge in [0.1, 0.15) is 11.4 Å². The van der Waals surface area contributed by atoms with Gasteiger partial charge in [0.25, 0.3) is 11.5 Å². The molecule has 10 heteroatoms. The number of benzene rings is 1. The minimum atomic E-state index is -1.07. The number of rotatable bonds is 5. The largest absolute Gasteiger partial charge is 0.439 e. The van der Waals surface area contributed by atoms with E-state index in [0.717, 1.165) is 27.3 Å². The van der Waals surface area contributed by atoms with E-state index in [9.17, 15) is 23.2 Å². The van der Waals surface area contributed by atoms with Gasteiger partial charge in [0, 0.05) is 44.5 Å². The number of nitrogens with zero attached hydrogens (tertiary/aromatic N) is 3. The highest BCUT2D eigenvalue weighted by molar-refractivity contribution is 5.92. The summed E-state index contributed by atoms with van der Waals surface area (Å²) in [6.07, 6.45) is 1.44. The van der Waals surface area contributed by atoms with E-state index in [-0.39, 0.29) is 23.9 Å². The minimum absolute atomic E-state index is 0.0316. The van der Waals surface area contributed by atoms with Crippen LogP contribution < -0.4 is 21.3 Å². The number of hydrogen-bond donors (Lipinski definition) is 1. The second-order valence-corrected chi connectivity index (χ2v) is 6.10. The highest BCUT2D eigenvalue weighted by Gasteiger charge is 2.15. The van der Waals surface area contributed by atoms with Gasteiger partial charge in [-0.1, -0.05) is 6.07 Å². The summed E-state index contributed by atoms with van der Waals surface area (Å²) in [5, 5.41) is 2.58. The van der Waals surface area contributed by atoms with E-state index >= 15 is 0 Å². The molecule has 1 amide bonds. The van der Waals surface area contributed by atoms with Gasteiger partial charge < -0.3 is 10.1 Å². The fraction of sp³-hybridized carbons (Fsp3) is 0.158. The van der Waals surface area contributed by atoms with Crippen LogP contribution in [-0.4, -0.2) is 20.0 Å². The van der Waals surface area contributed by atoms with Gasteiger partial charge in [-0.25, -0.2) is 18.6 Å². The molecule has 1 N–H and O–H groups in total. The van der Waals surface area contributed by atoms with E-state index in [0.29, 0.717) is 5.56 Å². The first kappa shape index (κ1) is 19.9. The van der Waals surface area contributed by atoms with Crippen LogP contribution in [0.2, 0.25) is 0 Å². The Morgan fingerprint density at radius 3 is 2.59 bits per heavy atom. The van der Waals surface area contributed by atoms with Gasteiger partial charge in [0.15, 0.2) is 11.6 Å². The summed E-state index contributed by atoms with van der Waals surface area (Å²) in [6, 6.07) is 7.32. The Morgan fingerprint density at radius 2 is 1.86 bits per heavy atom. The van der Waals surface area contributed by atoms with Crippen molar-refractivity contribution in [2.75, 3.05) is 0 Å². The molecule has 0 saturated carbocycles. The van der Waals surface area contributed by atoms with Crippen LogP contribution in [0.3, 0.4) is 0 Å². The third-order valence-electron chi connectivity index (χ3n) is 4.15. The summed E-state index contributed by atoms with van der Waals surface area (Å²) >= 11 is 0. The standard InChI is InChI=1S/C19H16F2N4O4/c1-24-15(9-16(26)25(2)19(24)28)17(27)23-10-11-4-3-7-22-18(11)29-12-5-6-13(20)14(21)8-12/h3-9H,10H2,1-2H3,(H,23,27). The van der Waals surface area contributed by atoms with Gasteiger partial charge in [-0.2, -0.15) is 0 Å². The van der Waals surface area contributed by atoms with Crippen molar-refractivity contribution >= 4 is 5.91 Å². The van der Waals surface area contributed by atoms with Crippen molar-refractivity contribution in [1.82, 2.24) is 19.4 Å². The second-order valence-electron chi connectivity index (χ2n) is 6.10. The summed E-state index contributed by atoms with van der Waals surface area (Å²) in [6.45, 7) is -0.0465. The van der Waals surface area contributed by atoms with Gasteiger partial charge in [-0.15, -0.1) is 0 Å². The SMILES string of the molecule is Cn1c(C(=O)NCc2cccnc2Oc2ccc(F)c(F)c2)cc(=O)n(C)c1=O. The summed E-state index contributed by atoms with van der Waals surface area (Å²) in [5.74, 6) is -2.61. The molecule has 0 aliphatic carbocycles. The number of halogens is 2. The number of pyridine rings is 1. The van der Waals surface area contributed by atoms with Crippen LogP contribution in [0.1, 0.15) is 16.1 Å². The number of hydrogen-bond acceptors (Lipinski definition) is 5. The number of amides is 1. The summed E-state index contributed by atoms with van der Waals surface area (Å²) in [7, 11) is 2.68. The van der Waals surface area contributed by atoms with Crippen LogP contribution in [0.4, 0.5) is 8.78 Å². The minimum Gasteiger partial charge on any atom is -0.439 e. The van der Waals surface area contributed by atoms with Gasteiger partial charge in [0.2, 0.25) is 5.88 Å². The lowest BCUT2D eigenvalue weighted by Gasteiger charge is -2.12. The quantitative estimate of drug-likeness (QED) is 0.698. The first-order valence-corrected chi connectivity index (χ1v) is 8.40. The third kappa shape index (κ3) is 4.21. The lowest BCUT2D eigenvalue weighted by Crippen LogP contribution is -2.41. The smallest absolute Gasteiger partial charge is 0.331 e. The first-order chi connectivity index (χ1) is 13.8. The molecule has 0 bridgehead atoms. The zero-order valence-corrected chi connectivity index (χ0v) is 15.5. The van der Waals surface area contributed by atoms with Crippen molar-refractivity contribution in [2.45, 2.75) is 6.54 Å². The van der Waals surface area contributed by atoms with Crippen molar-refractivity contribution in [3.63, 3.8) is 0 Å². The molecule has 29 heavy (non-hydrogen) atoms. The van der Waals surface area contributed by atoms with E-state index in [2.05, 4.69) is 10.3 Å². The van der Waals surface area contributed by atoms with Gasteiger partial charge >= 0.3 is 5.69 Å². The molecule has 8 nitrogen and oxygen atoms in total. The molecule has 0 spiro atoms. The van der Waals surface area contributed by atoms with E-state index in [4.69, 9.17) is 4.74 Å². The topological polar surface area (TPSA) is 95.2 Å². The Morgan fingerprint density at radius 1 is 1.10 bits per heavy atom. The number of carbonyl (C=O) groups is 1. The first-order valence-electron chi connectivity index (χ1n) is 8.40. The molecule has 0 unspecified atom stereocenters. The lowest BCUT2D eigenvalue weighted by molar-refractivity contribution is 0.0940. The summed E-state index contributed by atoms with van der Waals surface area (Å²) in [4.78, 5) is 40.2. The molecule has 2 heterocycles. The predicted octanol–water partition coefficient (Wildman–Crippen LogP) is 1.48. The molecule has 3 aromatic rings. The van der Waals surface area contributed by atoms with Crippen LogP contribution in [-0.2, 0) is 20.6 Å². The Labute approximate surface area is 163 Å². The Hall–Kier alpha value is -3.82. The second kappa shape index (κ2) is 8.05. The van der Waals surface area contributed by atoms with E-state index in [1.54, 1.807) is 12.1 Å². The van der Waals surface area contributed by atoms with Crippen molar-refractivity contribution in [3.05, 3.63) is 86.3 Å². The normalized spacial score (nSPS) is 10.6. The number of carbonyl (C=O) groups excluding carboxylic acids is 1. The third-order valence-corrected chi connectivity index (χ3v) is 4.15. The summed E-state index contributed by atoms with van der Waals surface area (Å²) < 4.78 is 33.8. The fourth-order valence-corrected chi connectivity index (χ4v) is 2.52. The van der Waals surface area contributed by atoms with Crippen molar-refractivity contribution in [1.29, 1.82) is 0 Å². The van der Waals surface area contributed by atoms with Crippen molar-refractivity contribution in [3.8, 4) is 11.6 Å².